The summed E-state index contributed by atoms with van der Waals surface area (Å²) in [6.07, 6.45) is 0. The number of aryl methyl sites for hydroxylation is 2. The van der Waals surface area contributed by atoms with Crippen molar-refractivity contribution in [2.45, 2.75) is 38.0 Å². The summed E-state index contributed by atoms with van der Waals surface area (Å²) in [5.41, 5.74) is 2.94. The third-order valence-electron chi connectivity index (χ3n) is 4.41. The van der Waals surface area contributed by atoms with Gasteiger partial charge in [-0.25, -0.2) is 14.8 Å². The van der Waals surface area contributed by atoms with Crippen molar-refractivity contribution in [2.24, 2.45) is 0 Å². The Kier molecular flexibility index (Phi) is 5.32. The van der Waals surface area contributed by atoms with Crippen LogP contribution in [0, 0.1) is 20.8 Å². The molecule has 3 rings (SSSR count). The van der Waals surface area contributed by atoms with Crippen LogP contribution in [-0.2, 0) is 4.74 Å². The Balaban J connectivity index is 1.93. The van der Waals surface area contributed by atoms with E-state index in [9.17, 15) is 9.59 Å². The van der Waals surface area contributed by atoms with E-state index in [1.165, 1.54) is 18.9 Å². The zero-order chi connectivity index (χ0) is 19.7. The third kappa shape index (κ3) is 3.60. The summed E-state index contributed by atoms with van der Waals surface area (Å²) in [5, 5.41) is 1.31. The second kappa shape index (κ2) is 7.52. The molecule has 1 atom stereocenters. The summed E-state index contributed by atoms with van der Waals surface area (Å²) in [4.78, 5) is 37.0. The number of rotatable bonds is 5. The average molecular weight is 383 g/mol. The lowest BCUT2D eigenvalue weighted by atomic mass is 10.1. The maximum Gasteiger partial charge on any atom is 0.339 e. The molecule has 0 spiro atoms. The molecule has 0 aliphatic heterocycles. The SMILES string of the molecule is COC(=O)c1c(C)[nH]c(C(=O)[C@@H](C)Sc2nc(C)nc3ccccc23)c1C. The van der Waals surface area contributed by atoms with Gasteiger partial charge in [-0.05, 0) is 39.3 Å². The zero-order valence-corrected chi connectivity index (χ0v) is 16.7. The summed E-state index contributed by atoms with van der Waals surface area (Å²) >= 11 is 1.39. The van der Waals surface area contributed by atoms with Gasteiger partial charge in [0.15, 0.2) is 5.78 Å². The molecule has 7 heteroatoms. The number of Topliss-reactive ketones (excluding diaryl/α,β-unsaturated/α-hetero) is 1. The van der Waals surface area contributed by atoms with Crippen molar-refractivity contribution in [2.75, 3.05) is 7.11 Å². The predicted octanol–water partition coefficient (Wildman–Crippen LogP) is 4.03. The number of nitrogens with one attached hydrogen (secondary N) is 1. The van der Waals surface area contributed by atoms with E-state index in [0.29, 0.717) is 28.3 Å². The lowest BCUT2D eigenvalue weighted by Gasteiger charge is -2.12. The molecule has 1 N–H and O–H groups in total. The number of aromatic amines is 1. The van der Waals surface area contributed by atoms with E-state index in [0.717, 1.165) is 15.9 Å². The van der Waals surface area contributed by atoms with Gasteiger partial charge < -0.3 is 9.72 Å². The highest BCUT2D eigenvalue weighted by Crippen LogP contribution is 2.31. The number of ether oxygens (including phenoxy) is 1. The van der Waals surface area contributed by atoms with Gasteiger partial charge in [0.25, 0.3) is 0 Å². The van der Waals surface area contributed by atoms with Gasteiger partial charge in [-0.1, -0.05) is 30.0 Å². The standard InChI is InChI=1S/C20H21N3O3S/c1-10-16(20(25)26-5)11(2)21-17(10)18(24)12(3)27-19-14-8-6-7-9-15(14)22-13(4)23-19/h6-9,12,21H,1-5H3/t12-/m1/s1. The number of carbonyl (C=O) groups excluding carboxylic acids is 2. The molecule has 0 bridgehead atoms. The van der Waals surface area contributed by atoms with Gasteiger partial charge >= 0.3 is 5.97 Å². The summed E-state index contributed by atoms with van der Waals surface area (Å²) in [6, 6.07) is 7.74. The van der Waals surface area contributed by atoms with Crippen LogP contribution in [0.2, 0.25) is 0 Å². The number of ketones is 1. The molecule has 0 fully saturated rings. The van der Waals surface area contributed by atoms with Crippen molar-refractivity contribution in [1.82, 2.24) is 15.0 Å². The first-order valence-corrected chi connectivity index (χ1v) is 9.43. The quantitative estimate of drug-likeness (QED) is 0.310. The summed E-state index contributed by atoms with van der Waals surface area (Å²) in [5.74, 6) is 0.129. The Hall–Kier alpha value is -2.67. The fourth-order valence-corrected chi connectivity index (χ4v) is 4.12. The fraction of sp³-hybridized carbons (Fsp3) is 0.300. The number of H-pyrrole nitrogens is 1. The number of carbonyl (C=O) groups is 2. The largest absolute Gasteiger partial charge is 0.465 e. The van der Waals surface area contributed by atoms with Crippen LogP contribution in [0.15, 0.2) is 29.3 Å². The van der Waals surface area contributed by atoms with E-state index in [2.05, 4.69) is 15.0 Å². The Labute approximate surface area is 161 Å². The molecule has 0 amide bonds. The van der Waals surface area contributed by atoms with Crippen molar-refractivity contribution >= 4 is 34.4 Å². The molecule has 0 aliphatic carbocycles. The summed E-state index contributed by atoms with van der Waals surface area (Å²) in [7, 11) is 1.33. The van der Waals surface area contributed by atoms with Gasteiger partial charge in [-0.3, -0.25) is 4.79 Å². The molecule has 140 valence electrons. The number of methoxy groups -OCH3 is 1. The molecule has 6 nitrogen and oxygen atoms in total. The van der Waals surface area contributed by atoms with Crippen LogP contribution in [0.4, 0.5) is 0 Å². The Morgan fingerprint density at radius 1 is 1.15 bits per heavy atom. The number of benzene rings is 1. The number of esters is 1. The van der Waals surface area contributed by atoms with E-state index >= 15 is 0 Å². The fourth-order valence-electron chi connectivity index (χ4n) is 3.08. The van der Waals surface area contributed by atoms with Gasteiger partial charge in [-0.15, -0.1) is 0 Å². The van der Waals surface area contributed by atoms with E-state index in [1.54, 1.807) is 13.8 Å². The summed E-state index contributed by atoms with van der Waals surface area (Å²) in [6.45, 7) is 7.19. The molecule has 1 aromatic carbocycles. The highest BCUT2D eigenvalue weighted by Gasteiger charge is 2.26. The van der Waals surface area contributed by atoms with Gasteiger partial charge in [0.05, 0.1) is 29.1 Å². The molecular weight excluding hydrogens is 362 g/mol. The summed E-state index contributed by atoms with van der Waals surface area (Å²) < 4.78 is 4.82. The lowest BCUT2D eigenvalue weighted by molar-refractivity contribution is 0.0599. The minimum Gasteiger partial charge on any atom is -0.465 e. The molecule has 0 radical (unpaired) electrons. The molecule has 2 aromatic heterocycles. The maximum absolute atomic E-state index is 13.0. The van der Waals surface area contributed by atoms with Crippen LogP contribution in [0.3, 0.4) is 0 Å². The van der Waals surface area contributed by atoms with Crippen LogP contribution in [0.1, 0.15) is 44.9 Å². The number of thioether (sulfide) groups is 1. The Morgan fingerprint density at radius 3 is 2.56 bits per heavy atom. The van der Waals surface area contributed by atoms with Crippen molar-refractivity contribution in [3.8, 4) is 0 Å². The number of para-hydroxylation sites is 1. The number of fused-ring (bicyclic) bond motifs is 1. The molecule has 0 saturated carbocycles. The third-order valence-corrected chi connectivity index (χ3v) is 5.51. The highest BCUT2D eigenvalue weighted by molar-refractivity contribution is 8.00. The molecule has 0 aliphatic rings. The first-order valence-electron chi connectivity index (χ1n) is 8.55. The normalized spacial score (nSPS) is 12.2. The van der Waals surface area contributed by atoms with Crippen LogP contribution >= 0.6 is 11.8 Å². The van der Waals surface area contributed by atoms with E-state index in [1.807, 2.05) is 38.1 Å². The molecular formula is C20H21N3O3S. The number of aromatic nitrogens is 3. The second-order valence-electron chi connectivity index (χ2n) is 6.33. The average Bonchev–Trinajstić information content (AvgIpc) is 2.94. The number of hydrogen-bond acceptors (Lipinski definition) is 6. The minimum absolute atomic E-state index is 0.0869. The first kappa shape index (κ1) is 19.1. The molecule has 3 aromatic rings. The van der Waals surface area contributed by atoms with Crippen molar-refractivity contribution in [1.29, 1.82) is 0 Å². The van der Waals surface area contributed by atoms with Crippen LogP contribution < -0.4 is 0 Å². The first-order chi connectivity index (χ1) is 12.8. The second-order valence-corrected chi connectivity index (χ2v) is 7.66. The smallest absolute Gasteiger partial charge is 0.339 e. The van der Waals surface area contributed by atoms with Gasteiger partial charge in [-0.2, -0.15) is 0 Å². The van der Waals surface area contributed by atoms with E-state index < -0.39 is 5.97 Å². The predicted molar refractivity (Wildman–Crippen MR) is 106 cm³/mol. The van der Waals surface area contributed by atoms with Crippen molar-refractivity contribution in [3.05, 3.63) is 52.6 Å². The Morgan fingerprint density at radius 2 is 1.85 bits per heavy atom. The lowest BCUT2D eigenvalue weighted by Crippen LogP contribution is -2.16. The topological polar surface area (TPSA) is 84.9 Å². The van der Waals surface area contributed by atoms with Gasteiger partial charge in [0, 0.05) is 11.1 Å². The zero-order valence-electron chi connectivity index (χ0n) is 15.9. The van der Waals surface area contributed by atoms with Crippen molar-refractivity contribution in [3.63, 3.8) is 0 Å². The molecule has 0 unspecified atom stereocenters. The van der Waals surface area contributed by atoms with Crippen LogP contribution in [0.5, 0.6) is 0 Å². The van der Waals surface area contributed by atoms with Gasteiger partial charge in [0.1, 0.15) is 10.9 Å². The monoisotopic (exact) mass is 383 g/mol. The van der Waals surface area contributed by atoms with Crippen LogP contribution in [0.25, 0.3) is 10.9 Å². The highest BCUT2D eigenvalue weighted by atomic mass is 32.2. The molecule has 27 heavy (non-hydrogen) atoms. The minimum atomic E-state index is -0.446. The van der Waals surface area contributed by atoms with E-state index in [-0.39, 0.29) is 11.0 Å². The maximum atomic E-state index is 13.0. The molecule has 2 heterocycles. The van der Waals surface area contributed by atoms with Crippen molar-refractivity contribution < 1.29 is 14.3 Å². The molecule has 0 saturated heterocycles. The van der Waals surface area contributed by atoms with Gasteiger partial charge in [0.2, 0.25) is 0 Å². The number of hydrogen-bond donors (Lipinski definition) is 1. The Bertz CT molecular complexity index is 1040. The number of nitrogens with zero attached hydrogens (tertiary/aromatic N) is 2. The van der Waals surface area contributed by atoms with E-state index in [4.69, 9.17) is 4.74 Å². The van der Waals surface area contributed by atoms with Crippen LogP contribution in [-0.4, -0.2) is 39.1 Å².